The van der Waals surface area contributed by atoms with Crippen molar-refractivity contribution in [2.45, 2.75) is 80.1 Å². The van der Waals surface area contributed by atoms with Crippen molar-refractivity contribution >= 4 is 5.91 Å². The van der Waals surface area contributed by atoms with E-state index in [-0.39, 0.29) is 23.0 Å². The Hall–Kier alpha value is -0.570. The smallest absolute Gasteiger partial charge is 0.241 e. The van der Waals surface area contributed by atoms with Crippen molar-refractivity contribution in [1.29, 1.82) is 0 Å². The van der Waals surface area contributed by atoms with Crippen LogP contribution in [0, 0.1) is 22.7 Å². The van der Waals surface area contributed by atoms with Crippen molar-refractivity contribution in [2.75, 3.05) is 0 Å². The molecule has 2 aliphatic rings. The monoisotopic (exact) mass is 280 g/mol. The molecule has 2 rings (SSSR count). The second-order valence-electron chi connectivity index (χ2n) is 8.31. The van der Waals surface area contributed by atoms with E-state index in [0.717, 1.165) is 6.42 Å². The highest BCUT2D eigenvalue weighted by Gasteiger charge is 2.70. The highest BCUT2D eigenvalue weighted by atomic mass is 16.2. The lowest BCUT2D eigenvalue weighted by molar-refractivity contribution is -0.132. The summed E-state index contributed by atoms with van der Waals surface area (Å²) in [6.45, 7) is 17.9. The van der Waals surface area contributed by atoms with Crippen LogP contribution in [0.25, 0.3) is 0 Å². The average molecular weight is 280 g/mol. The van der Waals surface area contributed by atoms with Crippen LogP contribution in [0.15, 0.2) is 0 Å². The maximum absolute atomic E-state index is 12.9. The molecule has 1 amide bonds. The van der Waals surface area contributed by atoms with Gasteiger partial charge in [0, 0.05) is 6.04 Å². The molecule has 1 N–H and O–H groups in total. The van der Waals surface area contributed by atoms with Gasteiger partial charge in [0.05, 0.1) is 12.2 Å². The molecule has 1 aliphatic heterocycles. The van der Waals surface area contributed by atoms with Gasteiger partial charge in [0.15, 0.2) is 0 Å². The zero-order chi connectivity index (χ0) is 15.5. The number of rotatable bonds is 4. The van der Waals surface area contributed by atoms with Gasteiger partial charge in [-0.2, -0.15) is 0 Å². The molecule has 0 bridgehead atoms. The third kappa shape index (κ3) is 2.01. The molecular weight excluding hydrogens is 248 g/mol. The number of carbonyl (C=O) groups excluding carboxylic acids is 1. The summed E-state index contributed by atoms with van der Waals surface area (Å²) in [5.74, 6) is 1.17. The lowest BCUT2D eigenvalue weighted by Crippen LogP contribution is -2.44. The van der Waals surface area contributed by atoms with Crippen LogP contribution in [0.1, 0.15) is 61.8 Å². The first-order valence-electron chi connectivity index (χ1n) is 8.15. The maximum atomic E-state index is 12.9. The predicted molar refractivity (Wildman–Crippen MR) is 83.2 cm³/mol. The third-order valence-electron chi connectivity index (χ3n) is 6.24. The SMILES string of the molecule is CCC(C)C1NC(C(C)C)N(C2C(C)(C)C2(C)C)C1=O. The highest BCUT2D eigenvalue weighted by molar-refractivity contribution is 5.85. The molecule has 0 aromatic carbocycles. The van der Waals surface area contributed by atoms with E-state index in [2.05, 4.69) is 65.6 Å². The van der Waals surface area contributed by atoms with Gasteiger partial charge in [-0.3, -0.25) is 10.1 Å². The summed E-state index contributed by atoms with van der Waals surface area (Å²) < 4.78 is 0. The van der Waals surface area contributed by atoms with Crippen molar-refractivity contribution in [1.82, 2.24) is 10.2 Å². The number of nitrogens with zero attached hydrogens (tertiary/aromatic N) is 1. The van der Waals surface area contributed by atoms with E-state index in [1.54, 1.807) is 0 Å². The van der Waals surface area contributed by atoms with Crippen molar-refractivity contribution in [3.63, 3.8) is 0 Å². The largest absolute Gasteiger partial charge is 0.321 e. The first-order chi connectivity index (χ1) is 9.07. The van der Waals surface area contributed by atoms with Crippen molar-refractivity contribution < 1.29 is 4.79 Å². The van der Waals surface area contributed by atoms with Gasteiger partial charge in [-0.05, 0) is 22.7 Å². The van der Waals surface area contributed by atoms with Gasteiger partial charge in [0.1, 0.15) is 0 Å². The summed E-state index contributed by atoms with van der Waals surface area (Å²) in [7, 11) is 0. The van der Waals surface area contributed by atoms with Crippen LogP contribution >= 0.6 is 0 Å². The number of hydrogen-bond donors (Lipinski definition) is 1. The molecule has 3 atom stereocenters. The molecule has 1 saturated heterocycles. The van der Waals surface area contributed by atoms with Crippen LogP contribution in [0.3, 0.4) is 0 Å². The summed E-state index contributed by atoms with van der Waals surface area (Å²) in [6.07, 6.45) is 1.23. The second kappa shape index (κ2) is 4.72. The van der Waals surface area contributed by atoms with Crippen LogP contribution in [-0.4, -0.2) is 29.1 Å². The normalized spacial score (nSPS) is 33.9. The number of nitrogens with one attached hydrogen (secondary N) is 1. The van der Waals surface area contributed by atoms with Crippen LogP contribution < -0.4 is 5.32 Å². The Morgan fingerprint density at radius 1 is 1.15 bits per heavy atom. The van der Waals surface area contributed by atoms with Gasteiger partial charge in [0.25, 0.3) is 0 Å². The Kier molecular flexibility index (Phi) is 3.73. The Labute approximate surface area is 124 Å². The lowest BCUT2D eigenvalue weighted by atomic mass is 9.99. The molecule has 1 saturated carbocycles. The number of hydrogen-bond acceptors (Lipinski definition) is 2. The van der Waals surface area contributed by atoms with E-state index in [0.29, 0.717) is 23.8 Å². The zero-order valence-corrected chi connectivity index (χ0v) is 14.4. The van der Waals surface area contributed by atoms with Gasteiger partial charge < -0.3 is 4.90 Å². The van der Waals surface area contributed by atoms with Crippen LogP contribution in [0.2, 0.25) is 0 Å². The molecule has 0 aromatic heterocycles. The first-order valence-corrected chi connectivity index (χ1v) is 8.15. The molecule has 3 heteroatoms. The van der Waals surface area contributed by atoms with E-state index in [1.165, 1.54) is 0 Å². The van der Waals surface area contributed by atoms with E-state index < -0.39 is 0 Å². The quantitative estimate of drug-likeness (QED) is 0.857. The number of amides is 1. The predicted octanol–water partition coefficient (Wildman–Crippen LogP) is 3.25. The summed E-state index contributed by atoms with van der Waals surface area (Å²) in [5, 5.41) is 3.61. The van der Waals surface area contributed by atoms with Gasteiger partial charge >= 0.3 is 0 Å². The molecular formula is C17H32N2O. The van der Waals surface area contributed by atoms with E-state index in [9.17, 15) is 4.79 Å². The molecule has 2 fully saturated rings. The van der Waals surface area contributed by atoms with E-state index in [4.69, 9.17) is 0 Å². The van der Waals surface area contributed by atoms with Crippen LogP contribution in [0.5, 0.6) is 0 Å². The minimum atomic E-state index is -0.000370. The Morgan fingerprint density at radius 3 is 2.00 bits per heavy atom. The number of carbonyl (C=O) groups is 1. The molecule has 20 heavy (non-hydrogen) atoms. The van der Waals surface area contributed by atoms with Crippen molar-refractivity contribution in [2.24, 2.45) is 22.7 Å². The average Bonchev–Trinajstić information content (AvgIpc) is 2.62. The molecule has 1 aliphatic carbocycles. The fraction of sp³-hybridized carbons (Fsp3) is 0.941. The third-order valence-corrected chi connectivity index (χ3v) is 6.24. The van der Waals surface area contributed by atoms with E-state index >= 15 is 0 Å². The van der Waals surface area contributed by atoms with E-state index in [1.807, 2.05) is 0 Å². The minimum absolute atomic E-state index is 0.000370. The molecule has 3 unspecified atom stereocenters. The van der Waals surface area contributed by atoms with Crippen molar-refractivity contribution in [3.05, 3.63) is 0 Å². The molecule has 0 radical (unpaired) electrons. The molecule has 0 aromatic rings. The topological polar surface area (TPSA) is 32.3 Å². The van der Waals surface area contributed by atoms with Gasteiger partial charge in [-0.15, -0.1) is 0 Å². The minimum Gasteiger partial charge on any atom is -0.321 e. The fourth-order valence-corrected chi connectivity index (χ4v) is 3.94. The fourth-order valence-electron chi connectivity index (χ4n) is 3.94. The Morgan fingerprint density at radius 2 is 1.65 bits per heavy atom. The van der Waals surface area contributed by atoms with Gasteiger partial charge in [0.2, 0.25) is 5.91 Å². The van der Waals surface area contributed by atoms with Gasteiger partial charge in [-0.25, -0.2) is 0 Å². The highest BCUT2D eigenvalue weighted by Crippen LogP contribution is 2.66. The standard InChI is InChI=1S/C17H32N2O/c1-9-11(4)12-14(20)19(13(18-12)10(2)3)15-16(5,6)17(15,7)8/h10-13,15,18H,9H2,1-8H3. The first kappa shape index (κ1) is 15.8. The van der Waals surface area contributed by atoms with Crippen LogP contribution in [-0.2, 0) is 4.79 Å². The Bertz CT molecular complexity index is 386. The molecule has 3 nitrogen and oxygen atoms in total. The summed E-state index contributed by atoms with van der Waals surface area (Å²) in [4.78, 5) is 15.1. The molecule has 0 spiro atoms. The van der Waals surface area contributed by atoms with Crippen molar-refractivity contribution in [3.8, 4) is 0 Å². The zero-order valence-electron chi connectivity index (χ0n) is 14.4. The molecule has 1 heterocycles. The Balaban J connectivity index is 2.29. The summed E-state index contributed by atoms with van der Waals surface area (Å²) >= 11 is 0. The summed E-state index contributed by atoms with van der Waals surface area (Å²) in [6, 6.07) is 0.357. The second-order valence-corrected chi connectivity index (χ2v) is 8.31. The van der Waals surface area contributed by atoms with Crippen LogP contribution in [0.4, 0.5) is 0 Å². The van der Waals surface area contributed by atoms with Gasteiger partial charge in [-0.1, -0.05) is 61.8 Å². The molecule has 116 valence electrons. The summed E-state index contributed by atoms with van der Waals surface area (Å²) in [5.41, 5.74) is 0.420. The lowest BCUT2D eigenvalue weighted by Gasteiger charge is -2.29. The maximum Gasteiger partial charge on any atom is 0.241 e.